The molecule has 0 atom stereocenters. The topological polar surface area (TPSA) is 22.3 Å². The van der Waals surface area contributed by atoms with Gasteiger partial charge in [0, 0.05) is 42.2 Å². The van der Waals surface area contributed by atoms with Gasteiger partial charge in [-0.2, -0.15) is 0 Å². The minimum Gasteiger partial charge on any atom is -0.360 e. The molecule has 108 valence electrons. The van der Waals surface area contributed by atoms with E-state index in [9.17, 15) is 0 Å². The van der Waals surface area contributed by atoms with Crippen molar-refractivity contribution >= 4 is 26.8 Å². The molecule has 1 N–H and O–H groups in total. The van der Waals surface area contributed by atoms with Gasteiger partial charge in [-0.3, -0.25) is 0 Å². The molecule has 0 spiro atoms. The number of nitrogens with one attached hydrogen (secondary N) is 1. The number of aromatic nitrogens is 1. The first kappa shape index (κ1) is 14.1. The number of nitrogens with zero attached hydrogens (tertiary/aromatic N) is 2. The molecule has 3 rings (SSSR count). The number of rotatable bonds is 4. The van der Waals surface area contributed by atoms with Crippen molar-refractivity contribution in [3.63, 3.8) is 0 Å². The van der Waals surface area contributed by atoms with Gasteiger partial charge in [-0.25, -0.2) is 0 Å². The summed E-state index contributed by atoms with van der Waals surface area (Å²) in [4.78, 5) is 8.38. The highest BCUT2D eigenvalue weighted by atomic mass is 79.9. The van der Waals surface area contributed by atoms with E-state index in [-0.39, 0.29) is 0 Å². The standard InChI is InChI=1S/C16H22BrN3/c1-19-8-10-20(11-9-19)7-3-4-13-12-18-16-14(13)5-2-6-15(16)17/h2,5-6,12,18H,3-4,7-11H2,1H3. The van der Waals surface area contributed by atoms with E-state index in [0.29, 0.717) is 0 Å². The lowest BCUT2D eigenvalue weighted by atomic mass is 10.1. The summed E-state index contributed by atoms with van der Waals surface area (Å²) >= 11 is 3.60. The van der Waals surface area contributed by atoms with Crippen LogP contribution in [0.25, 0.3) is 10.9 Å². The number of likely N-dealkylation sites (N-methyl/N-ethyl adjacent to an activating group) is 1. The number of hydrogen-bond acceptors (Lipinski definition) is 2. The average molecular weight is 336 g/mol. The first-order valence-electron chi connectivity index (χ1n) is 7.39. The Hall–Kier alpha value is -0.840. The lowest BCUT2D eigenvalue weighted by Crippen LogP contribution is -2.44. The summed E-state index contributed by atoms with van der Waals surface area (Å²) in [5, 5.41) is 1.36. The van der Waals surface area contributed by atoms with Crippen molar-refractivity contribution < 1.29 is 0 Å². The Bertz CT molecular complexity index is 570. The first-order chi connectivity index (χ1) is 9.74. The highest BCUT2D eigenvalue weighted by Crippen LogP contribution is 2.26. The summed E-state index contributed by atoms with van der Waals surface area (Å²) < 4.78 is 1.15. The molecule has 0 aliphatic carbocycles. The van der Waals surface area contributed by atoms with Gasteiger partial charge in [-0.15, -0.1) is 0 Å². The Morgan fingerprint density at radius 1 is 1.20 bits per heavy atom. The number of piperazine rings is 1. The zero-order valence-corrected chi connectivity index (χ0v) is 13.6. The molecule has 0 saturated carbocycles. The van der Waals surface area contributed by atoms with Crippen molar-refractivity contribution in [2.45, 2.75) is 12.8 Å². The molecule has 0 amide bonds. The van der Waals surface area contributed by atoms with E-state index in [4.69, 9.17) is 0 Å². The van der Waals surface area contributed by atoms with Crippen LogP contribution in [-0.4, -0.2) is 54.6 Å². The second-order valence-electron chi connectivity index (χ2n) is 5.72. The predicted octanol–water partition coefficient (Wildman–Crippen LogP) is 3.11. The number of halogens is 1. The van der Waals surface area contributed by atoms with Crippen LogP contribution in [0.1, 0.15) is 12.0 Å². The summed E-state index contributed by atoms with van der Waals surface area (Å²) in [6, 6.07) is 6.42. The predicted molar refractivity (Wildman–Crippen MR) is 88.3 cm³/mol. The largest absolute Gasteiger partial charge is 0.360 e. The van der Waals surface area contributed by atoms with Crippen LogP contribution in [0.4, 0.5) is 0 Å². The number of H-pyrrole nitrogens is 1. The van der Waals surface area contributed by atoms with Crippen molar-refractivity contribution in [3.05, 3.63) is 34.4 Å². The molecule has 2 heterocycles. The van der Waals surface area contributed by atoms with Gasteiger partial charge in [-0.05, 0) is 54.0 Å². The fourth-order valence-electron chi connectivity index (χ4n) is 2.95. The first-order valence-corrected chi connectivity index (χ1v) is 8.19. The number of hydrogen-bond donors (Lipinski definition) is 1. The molecule has 0 radical (unpaired) electrons. The third-order valence-corrected chi connectivity index (χ3v) is 4.93. The molecule has 1 aromatic carbocycles. The zero-order valence-electron chi connectivity index (χ0n) is 12.0. The normalized spacial score (nSPS) is 17.9. The van der Waals surface area contributed by atoms with Crippen LogP contribution in [0.3, 0.4) is 0 Å². The molecule has 1 fully saturated rings. The third-order valence-electron chi connectivity index (χ3n) is 4.27. The van der Waals surface area contributed by atoms with E-state index in [0.717, 1.165) is 10.9 Å². The van der Waals surface area contributed by atoms with Crippen molar-refractivity contribution in [3.8, 4) is 0 Å². The maximum absolute atomic E-state index is 3.60. The second kappa shape index (κ2) is 6.29. The molecule has 20 heavy (non-hydrogen) atoms. The summed E-state index contributed by atoms with van der Waals surface area (Å²) in [5.41, 5.74) is 2.66. The lowest BCUT2D eigenvalue weighted by molar-refractivity contribution is 0.153. The number of para-hydroxylation sites is 1. The monoisotopic (exact) mass is 335 g/mol. The zero-order chi connectivity index (χ0) is 13.9. The maximum Gasteiger partial charge on any atom is 0.0601 e. The highest BCUT2D eigenvalue weighted by Gasteiger charge is 2.13. The Morgan fingerprint density at radius 3 is 2.80 bits per heavy atom. The number of aromatic amines is 1. The van der Waals surface area contributed by atoms with Crippen molar-refractivity contribution in [2.75, 3.05) is 39.8 Å². The summed E-state index contributed by atoms with van der Waals surface area (Å²) in [7, 11) is 2.21. The Kier molecular flexibility index (Phi) is 4.44. The van der Waals surface area contributed by atoms with Crippen molar-refractivity contribution in [2.24, 2.45) is 0 Å². The third kappa shape index (κ3) is 3.08. The molecule has 1 aliphatic rings. The summed E-state index contributed by atoms with van der Waals surface area (Å²) in [6.07, 6.45) is 4.56. The highest BCUT2D eigenvalue weighted by molar-refractivity contribution is 9.10. The van der Waals surface area contributed by atoms with E-state index in [1.807, 2.05) is 0 Å². The van der Waals surface area contributed by atoms with E-state index >= 15 is 0 Å². The van der Waals surface area contributed by atoms with Crippen molar-refractivity contribution in [1.29, 1.82) is 0 Å². The maximum atomic E-state index is 3.60. The van der Waals surface area contributed by atoms with Crippen LogP contribution in [-0.2, 0) is 6.42 Å². The Labute approximate surface area is 129 Å². The van der Waals surface area contributed by atoms with E-state index in [2.05, 4.69) is 62.2 Å². The minimum absolute atomic E-state index is 1.15. The summed E-state index contributed by atoms with van der Waals surface area (Å²) in [6.45, 7) is 6.07. The molecule has 1 saturated heterocycles. The Morgan fingerprint density at radius 2 is 2.00 bits per heavy atom. The smallest absolute Gasteiger partial charge is 0.0601 e. The molecule has 1 aromatic heterocycles. The van der Waals surface area contributed by atoms with Crippen LogP contribution < -0.4 is 0 Å². The number of aryl methyl sites for hydroxylation is 1. The van der Waals surface area contributed by atoms with Gasteiger partial charge in [0.05, 0.1) is 5.52 Å². The minimum atomic E-state index is 1.15. The van der Waals surface area contributed by atoms with Crippen LogP contribution in [0.5, 0.6) is 0 Å². The van der Waals surface area contributed by atoms with Gasteiger partial charge in [0.1, 0.15) is 0 Å². The SMILES string of the molecule is CN1CCN(CCCc2c[nH]c3c(Br)cccc23)CC1. The molecule has 3 nitrogen and oxygen atoms in total. The van der Waals surface area contributed by atoms with Crippen LogP contribution >= 0.6 is 15.9 Å². The molecule has 2 aromatic rings. The molecule has 1 aliphatic heterocycles. The molecule has 4 heteroatoms. The van der Waals surface area contributed by atoms with E-state index < -0.39 is 0 Å². The van der Waals surface area contributed by atoms with E-state index in [1.54, 1.807) is 0 Å². The van der Waals surface area contributed by atoms with Gasteiger partial charge in [0.15, 0.2) is 0 Å². The fourth-order valence-corrected chi connectivity index (χ4v) is 3.43. The Balaban J connectivity index is 1.56. The van der Waals surface area contributed by atoms with Crippen LogP contribution in [0.2, 0.25) is 0 Å². The summed E-state index contributed by atoms with van der Waals surface area (Å²) in [5.74, 6) is 0. The van der Waals surface area contributed by atoms with Gasteiger partial charge >= 0.3 is 0 Å². The lowest BCUT2D eigenvalue weighted by Gasteiger charge is -2.32. The quantitative estimate of drug-likeness (QED) is 0.927. The average Bonchev–Trinajstić information content (AvgIpc) is 2.86. The van der Waals surface area contributed by atoms with Gasteiger partial charge < -0.3 is 14.8 Å². The molecular formula is C16H22BrN3. The molecular weight excluding hydrogens is 314 g/mol. The van der Waals surface area contributed by atoms with Gasteiger partial charge in [0.2, 0.25) is 0 Å². The second-order valence-corrected chi connectivity index (χ2v) is 6.58. The fraction of sp³-hybridized carbons (Fsp3) is 0.500. The van der Waals surface area contributed by atoms with Crippen LogP contribution in [0, 0.1) is 0 Å². The van der Waals surface area contributed by atoms with Gasteiger partial charge in [0.25, 0.3) is 0 Å². The molecule has 0 unspecified atom stereocenters. The number of benzene rings is 1. The molecule has 0 bridgehead atoms. The van der Waals surface area contributed by atoms with Crippen molar-refractivity contribution in [1.82, 2.24) is 14.8 Å². The van der Waals surface area contributed by atoms with Gasteiger partial charge in [-0.1, -0.05) is 12.1 Å². The van der Waals surface area contributed by atoms with E-state index in [1.165, 1.54) is 55.6 Å². The number of fused-ring (bicyclic) bond motifs is 1. The van der Waals surface area contributed by atoms with Crippen LogP contribution in [0.15, 0.2) is 28.9 Å².